The van der Waals surface area contributed by atoms with E-state index in [0.29, 0.717) is 0 Å². The van der Waals surface area contributed by atoms with Gasteiger partial charge in [-0.05, 0) is 31.4 Å². The molecule has 0 aliphatic carbocycles. The van der Waals surface area contributed by atoms with Crippen molar-refractivity contribution in [1.29, 1.82) is 5.26 Å². The number of rotatable bonds is 2. The van der Waals surface area contributed by atoms with Crippen molar-refractivity contribution in [3.05, 3.63) is 34.9 Å². The summed E-state index contributed by atoms with van der Waals surface area (Å²) in [5.74, 6) is 0. The summed E-state index contributed by atoms with van der Waals surface area (Å²) in [5, 5.41) is 8.92. The molecule has 0 amide bonds. The Morgan fingerprint density at radius 2 is 2.23 bits per heavy atom. The summed E-state index contributed by atoms with van der Waals surface area (Å²) >= 11 is 0. The second-order valence-electron chi connectivity index (χ2n) is 3.40. The van der Waals surface area contributed by atoms with Gasteiger partial charge in [-0.2, -0.15) is 5.26 Å². The van der Waals surface area contributed by atoms with Crippen molar-refractivity contribution in [2.45, 2.75) is 26.3 Å². The van der Waals surface area contributed by atoms with Gasteiger partial charge >= 0.3 is 0 Å². The number of hydrogen-bond donors (Lipinski definition) is 1. The molecule has 0 radical (unpaired) electrons. The van der Waals surface area contributed by atoms with E-state index in [4.69, 9.17) is 11.0 Å². The highest BCUT2D eigenvalue weighted by molar-refractivity contribution is 5.43. The number of benzene rings is 1. The van der Waals surface area contributed by atoms with Crippen molar-refractivity contribution in [1.82, 2.24) is 0 Å². The lowest BCUT2D eigenvalue weighted by Crippen LogP contribution is -2.18. The molecule has 0 saturated carbocycles. The normalized spacial score (nSPS) is 12.2. The number of aryl methyl sites for hydroxylation is 1. The summed E-state index contributed by atoms with van der Waals surface area (Å²) in [6.45, 7) is 3.90. The zero-order chi connectivity index (χ0) is 9.84. The summed E-state index contributed by atoms with van der Waals surface area (Å²) in [5.41, 5.74) is 8.55. The molecule has 0 heterocycles. The van der Waals surface area contributed by atoms with Crippen LogP contribution < -0.4 is 5.73 Å². The number of hydrogen-bond acceptors (Lipinski definition) is 2. The van der Waals surface area contributed by atoms with Crippen LogP contribution in [0.3, 0.4) is 0 Å². The minimum Gasteiger partial charge on any atom is -0.328 e. The Balaban J connectivity index is 3.07. The maximum absolute atomic E-state index is 8.92. The van der Waals surface area contributed by atoms with E-state index < -0.39 is 0 Å². The Morgan fingerprint density at radius 3 is 2.77 bits per heavy atom. The van der Waals surface area contributed by atoms with E-state index in [9.17, 15) is 0 Å². The molecule has 0 spiro atoms. The van der Waals surface area contributed by atoms with Gasteiger partial charge in [-0.1, -0.05) is 18.2 Å². The molecule has 2 N–H and O–H groups in total. The third-order valence-corrected chi connectivity index (χ3v) is 2.01. The average molecular weight is 174 g/mol. The Hall–Kier alpha value is -1.33. The third-order valence-electron chi connectivity index (χ3n) is 2.01. The first-order chi connectivity index (χ1) is 6.15. The van der Waals surface area contributed by atoms with E-state index in [1.807, 2.05) is 32.0 Å². The van der Waals surface area contributed by atoms with Gasteiger partial charge in [0.2, 0.25) is 0 Å². The van der Waals surface area contributed by atoms with E-state index in [1.54, 1.807) is 0 Å². The Bertz CT molecular complexity index is 334. The van der Waals surface area contributed by atoms with Crippen LogP contribution in [0.25, 0.3) is 0 Å². The van der Waals surface area contributed by atoms with Crippen molar-refractivity contribution in [2.75, 3.05) is 0 Å². The molecule has 1 atom stereocenters. The SMILES string of the molecule is Cc1cccc(C[C@H](C)N)c1C#N. The zero-order valence-corrected chi connectivity index (χ0v) is 8.04. The van der Waals surface area contributed by atoms with Crippen molar-refractivity contribution in [3.63, 3.8) is 0 Å². The summed E-state index contributed by atoms with van der Waals surface area (Å²) in [7, 11) is 0. The molecule has 0 aliphatic rings. The van der Waals surface area contributed by atoms with Crippen LogP contribution in [0.1, 0.15) is 23.6 Å². The largest absolute Gasteiger partial charge is 0.328 e. The van der Waals surface area contributed by atoms with Gasteiger partial charge in [0.25, 0.3) is 0 Å². The zero-order valence-electron chi connectivity index (χ0n) is 8.04. The molecule has 0 bridgehead atoms. The number of nitriles is 1. The second kappa shape index (κ2) is 4.06. The molecular weight excluding hydrogens is 160 g/mol. The van der Waals surface area contributed by atoms with Gasteiger partial charge in [-0.25, -0.2) is 0 Å². The molecule has 0 fully saturated rings. The molecule has 0 unspecified atom stereocenters. The van der Waals surface area contributed by atoms with E-state index in [2.05, 4.69) is 6.07 Å². The maximum atomic E-state index is 8.92. The van der Waals surface area contributed by atoms with Gasteiger partial charge in [-0.15, -0.1) is 0 Å². The van der Waals surface area contributed by atoms with Crippen molar-refractivity contribution < 1.29 is 0 Å². The van der Waals surface area contributed by atoms with Crippen LogP contribution in [-0.4, -0.2) is 6.04 Å². The van der Waals surface area contributed by atoms with Gasteiger partial charge in [0.1, 0.15) is 0 Å². The fourth-order valence-electron chi connectivity index (χ4n) is 1.41. The molecule has 1 rings (SSSR count). The molecule has 13 heavy (non-hydrogen) atoms. The lowest BCUT2D eigenvalue weighted by molar-refractivity contribution is 0.736. The Morgan fingerprint density at radius 1 is 1.54 bits per heavy atom. The predicted molar refractivity (Wildman–Crippen MR) is 53.2 cm³/mol. The smallest absolute Gasteiger partial charge is 0.0997 e. The minimum atomic E-state index is 0.105. The lowest BCUT2D eigenvalue weighted by Gasteiger charge is -2.08. The molecule has 2 heteroatoms. The number of nitrogens with zero attached hydrogens (tertiary/aromatic N) is 1. The highest BCUT2D eigenvalue weighted by Crippen LogP contribution is 2.14. The molecule has 0 aliphatic heterocycles. The van der Waals surface area contributed by atoms with Crippen LogP contribution in [0.15, 0.2) is 18.2 Å². The van der Waals surface area contributed by atoms with Crippen LogP contribution in [0.5, 0.6) is 0 Å². The van der Waals surface area contributed by atoms with E-state index in [-0.39, 0.29) is 6.04 Å². The molecule has 0 aromatic heterocycles. The molecule has 1 aromatic carbocycles. The molecule has 68 valence electrons. The van der Waals surface area contributed by atoms with Crippen LogP contribution >= 0.6 is 0 Å². The quantitative estimate of drug-likeness (QED) is 0.742. The topological polar surface area (TPSA) is 49.8 Å². The Labute approximate surface area is 79.0 Å². The fourth-order valence-corrected chi connectivity index (χ4v) is 1.41. The van der Waals surface area contributed by atoms with Crippen LogP contribution in [0.2, 0.25) is 0 Å². The summed E-state index contributed by atoms with van der Waals surface area (Å²) in [6.07, 6.45) is 0.768. The van der Waals surface area contributed by atoms with E-state index >= 15 is 0 Å². The lowest BCUT2D eigenvalue weighted by atomic mass is 9.98. The fraction of sp³-hybridized carbons (Fsp3) is 0.364. The molecule has 1 aromatic rings. The molecule has 2 nitrogen and oxygen atoms in total. The van der Waals surface area contributed by atoms with E-state index in [1.165, 1.54) is 0 Å². The second-order valence-corrected chi connectivity index (χ2v) is 3.40. The molecular formula is C11H14N2. The van der Waals surface area contributed by atoms with Crippen LogP contribution in [-0.2, 0) is 6.42 Å². The summed E-state index contributed by atoms with van der Waals surface area (Å²) in [4.78, 5) is 0. The summed E-state index contributed by atoms with van der Waals surface area (Å²) < 4.78 is 0. The highest BCUT2D eigenvalue weighted by Gasteiger charge is 2.05. The first-order valence-corrected chi connectivity index (χ1v) is 4.39. The monoisotopic (exact) mass is 174 g/mol. The first kappa shape index (κ1) is 9.76. The van der Waals surface area contributed by atoms with Crippen molar-refractivity contribution in [3.8, 4) is 6.07 Å². The average Bonchev–Trinajstić information content (AvgIpc) is 2.03. The minimum absolute atomic E-state index is 0.105. The van der Waals surface area contributed by atoms with Gasteiger partial charge in [-0.3, -0.25) is 0 Å². The van der Waals surface area contributed by atoms with Crippen LogP contribution in [0.4, 0.5) is 0 Å². The predicted octanol–water partition coefficient (Wildman–Crippen LogP) is 1.76. The van der Waals surface area contributed by atoms with E-state index in [0.717, 1.165) is 23.1 Å². The Kier molecular flexibility index (Phi) is 3.05. The molecule has 0 saturated heterocycles. The van der Waals surface area contributed by atoms with Crippen molar-refractivity contribution >= 4 is 0 Å². The van der Waals surface area contributed by atoms with Gasteiger partial charge in [0, 0.05) is 6.04 Å². The van der Waals surface area contributed by atoms with Crippen molar-refractivity contribution in [2.24, 2.45) is 5.73 Å². The third kappa shape index (κ3) is 2.30. The van der Waals surface area contributed by atoms with Gasteiger partial charge in [0.05, 0.1) is 11.6 Å². The highest BCUT2D eigenvalue weighted by atomic mass is 14.6. The first-order valence-electron chi connectivity index (χ1n) is 4.39. The van der Waals surface area contributed by atoms with Gasteiger partial charge in [0.15, 0.2) is 0 Å². The summed E-state index contributed by atoms with van der Waals surface area (Å²) in [6, 6.07) is 8.20. The maximum Gasteiger partial charge on any atom is 0.0997 e. The number of nitrogens with two attached hydrogens (primary N) is 1. The van der Waals surface area contributed by atoms with Gasteiger partial charge < -0.3 is 5.73 Å². The van der Waals surface area contributed by atoms with Crippen LogP contribution in [0, 0.1) is 18.3 Å². The standard InChI is InChI=1S/C11H14N2/c1-8-4-3-5-10(6-9(2)13)11(8)7-12/h3-5,9H,6,13H2,1-2H3/t9-/m0/s1.